The van der Waals surface area contributed by atoms with Crippen LogP contribution in [0.2, 0.25) is 0 Å². The van der Waals surface area contributed by atoms with Crippen LogP contribution in [0.1, 0.15) is 96.8 Å². The van der Waals surface area contributed by atoms with Gasteiger partial charge in [-0.25, -0.2) is 4.79 Å². The first kappa shape index (κ1) is 45.7. The van der Waals surface area contributed by atoms with Gasteiger partial charge in [-0.1, -0.05) is 70.4 Å². The van der Waals surface area contributed by atoms with Gasteiger partial charge in [0.1, 0.15) is 43.2 Å². The van der Waals surface area contributed by atoms with E-state index in [1.807, 2.05) is 0 Å². The standard InChI is InChI=1S/C24H44O6.C6H8O6.C3H8O3/c1-2-3-4-5-6-7-8-9-10-11-12-13-14-15-16-17-22(27)29-19-21(26)24-23(28)20(25)18-30-24;7-1-2(8)5-3(9)4(10)6(11)12-5;4-1-3(6)2-5/h9-10,20-21,23-26,28H,2-8,11-19H2,1H3;2,5,7-10H,1H2;3-6H,1-2H2/b10-9-;;/t20-,21+,23+,24+;2-,5+;/m00./s1. The van der Waals surface area contributed by atoms with Crippen LogP contribution in [0, 0.1) is 0 Å². The zero-order valence-electron chi connectivity index (χ0n) is 28.1. The highest BCUT2D eigenvalue weighted by Gasteiger charge is 2.40. The highest BCUT2D eigenvalue weighted by atomic mass is 16.6. The molecule has 0 bridgehead atoms. The summed E-state index contributed by atoms with van der Waals surface area (Å²) in [5.41, 5.74) is 0. The van der Waals surface area contributed by atoms with E-state index in [2.05, 4.69) is 23.8 Å². The van der Waals surface area contributed by atoms with Crippen molar-refractivity contribution in [1.29, 1.82) is 0 Å². The minimum absolute atomic E-state index is 0.0221. The molecular formula is C33H60O15. The molecule has 2 aliphatic rings. The molecule has 2 rings (SSSR count). The third-order valence-corrected chi connectivity index (χ3v) is 7.52. The van der Waals surface area contributed by atoms with E-state index in [0.717, 1.165) is 25.7 Å². The maximum Gasteiger partial charge on any atom is 0.377 e. The van der Waals surface area contributed by atoms with Gasteiger partial charge in [0.2, 0.25) is 5.76 Å². The minimum Gasteiger partial charge on any atom is -0.505 e. The second-order valence-electron chi connectivity index (χ2n) is 11.8. The Labute approximate surface area is 283 Å². The number of cyclic esters (lactones) is 1. The van der Waals surface area contributed by atoms with Crippen molar-refractivity contribution < 1.29 is 74.9 Å². The maximum atomic E-state index is 11.7. The molecule has 0 spiro atoms. The van der Waals surface area contributed by atoms with E-state index in [1.54, 1.807) is 0 Å². The third-order valence-electron chi connectivity index (χ3n) is 7.52. The molecule has 0 aliphatic carbocycles. The Bertz CT molecular complexity index is 892. The lowest BCUT2D eigenvalue weighted by Gasteiger charge is -2.20. The topological polar surface area (TPSA) is 264 Å². The van der Waals surface area contributed by atoms with Crippen molar-refractivity contribution in [2.45, 2.75) is 140 Å². The predicted octanol–water partition coefficient (Wildman–Crippen LogP) is 0.973. The van der Waals surface area contributed by atoms with E-state index in [0.29, 0.717) is 6.42 Å². The average Bonchev–Trinajstić information content (AvgIpc) is 3.56. The molecule has 1 fully saturated rings. The summed E-state index contributed by atoms with van der Waals surface area (Å²) in [5, 5.41) is 88.0. The fourth-order valence-electron chi connectivity index (χ4n) is 4.53. The summed E-state index contributed by atoms with van der Waals surface area (Å²) >= 11 is 0. The van der Waals surface area contributed by atoms with Gasteiger partial charge in [0.15, 0.2) is 11.9 Å². The van der Waals surface area contributed by atoms with Crippen molar-refractivity contribution in [3.63, 3.8) is 0 Å². The molecule has 0 aromatic rings. The highest BCUT2D eigenvalue weighted by molar-refractivity contribution is 5.89. The fraction of sp³-hybridized carbons (Fsp3) is 0.818. The van der Waals surface area contributed by atoms with Gasteiger partial charge in [0, 0.05) is 6.42 Å². The number of hydrogen-bond acceptors (Lipinski definition) is 15. The Morgan fingerprint density at radius 2 is 1.38 bits per heavy atom. The van der Waals surface area contributed by atoms with Crippen LogP contribution in [0.15, 0.2) is 23.7 Å². The van der Waals surface area contributed by atoms with Crippen LogP contribution in [0.4, 0.5) is 0 Å². The largest absolute Gasteiger partial charge is 0.505 e. The first-order valence-electron chi connectivity index (χ1n) is 16.9. The van der Waals surface area contributed by atoms with Crippen LogP contribution in [0.5, 0.6) is 0 Å². The fourth-order valence-corrected chi connectivity index (χ4v) is 4.53. The number of unbranched alkanes of at least 4 members (excludes halogenated alkanes) is 11. The number of esters is 2. The molecule has 0 amide bonds. The summed E-state index contributed by atoms with van der Waals surface area (Å²) in [5.74, 6) is -3.13. The van der Waals surface area contributed by atoms with E-state index in [-0.39, 0.29) is 32.4 Å². The molecule has 1 saturated heterocycles. The SMILES string of the molecule is CCCCCCCC/C=C\CCCCCCCC(=O)OC[C@@H](O)[C@H]1OC[C@H](O)[C@H]1O.O=C1O[C@H]([C@@H](O)CO)C(O)=C1O.OCC(O)CO. The lowest BCUT2D eigenvalue weighted by atomic mass is 10.1. The Morgan fingerprint density at radius 1 is 0.833 bits per heavy atom. The number of aliphatic hydroxyl groups excluding tert-OH is 10. The van der Waals surface area contributed by atoms with Gasteiger partial charge < -0.3 is 65.3 Å². The number of ether oxygens (including phenoxy) is 3. The Morgan fingerprint density at radius 3 is 1.81 bits per heavy atom. The van der Waals surface area contributed by atoms with Crippen LogP contribution in [0.3, 0.4) is 0 Å². The van der Waals surface area contributed by atoms with Gasteiger partial charge in [-0.05, 0) is 32.1 Å². The lowest BCUT2D eigenvalue weighted by molar-refractivity contribution is -0.151. The van der Waals surface area contributed by atoms with E-state index in [9.17, 15) is 24.9 Å². The number of carbonyl (C=O) groups excluding carboxylic acids is 2. The molecule has 282 valence electrons. The third kappa shape index (κ3) is 20.2. The summed E-state index contributed by atoms with van der Waals surface area (Å²) in [6.45, 7) is 0.602. The molecule has 0 aromatic heterocycles. The zero-order chi connectivity index (χ0) is 36.3. The summed E-state index contributed by atoms with van der Waals surface area (Å²) in [4.78, 5) is 22.3. The summed E-state index contributed by atoms with van der Waals surface area (Å²) in [7, 11) is 0. The number of carbonyl (C=O) groups is 2. The summed E-state index contributed by atoms with van der Waals surface area (Å²) in [6, 6.07) is 0. The van der Waals surface area contributed by atoms with E-state index in [4.69, 9.17) is 45.2 Å². The second kappa shape index (κ2) is 28.5. The molecule has 15 heteroatoms. The molecule has 0 radical (unpaired) electrons. The number of rotatable bonds is 22. The van der Waals surface area contributed by atoms with Crippen molar-refractivity contribution in [2.24, 2.45) is 0 Å². The van der Waals surface area contributed by atoms with Crippen LogP contribution in [0.25, 0.3) is 0 Å². The van der Waals surface area contributed by atoms with Crippen molar-refractivity contribution in [2.75, 3.05) is 33.0 Å². The molecule has 10 N–H and O–H groups in total. The molecule has 2 aliphatic heterocycles. The molecule has 0 unspecified atom stereocenters. The maximum absolute atomic E-state index is 11.7. The molecule has 48 heavy (non-hydrogen) atoms. The summed E-state index contributed by atoms with van der Waals surface area (Å²) in [6.07, 6.45) is 12.7. The molecule has 15 nitrogen and oxygen atoms in total. The molecule has 0 aromatic carbocycles. The lowest BCUT2D eigenvalue weighted by Crippen LogP contribution is -2.41. The van der Waals surface area contributed by atoms with Crippen molar-refractivity contribution in [3.8, 4) is 0 Å². The Kier molecular flexibility index (Phi) is 27.1. The number of hydrogen-bond donors (Lipinski definition) is 10. The molecule has 0 saturated carbocycles. The van der Waals surface area contributed by atoms with Gasteiger partial charge >= 0.3 is 11.9 Å². The van der Waals surface area contributed by atoms with Gasteiger partial charge in [-0.15, -0.1) is 0 Å². The second-order valence-corrected chi connectivity index (χ2v) is 11.8. The van der Waals surface area contributed by atoms with Crippen LogP contribution in [-0.2, 0) is 23.8 Å². The van der Waals surface area contributed by atoms with Crippen molar-refractivity contribution in [3.05, 3.63) is 23.7 Å². The van der Waals surface area contributed by atoms with Gasteiger partial charge in [0.05, 0.1) is 26.4 Å². The summed E-state index contributed by atoms with van der Waals surface area (Å²) < 4.78 is 14.5. The van der Waals surface area contributed by atoms with Crippen LogP contribution in [-0.4, -0.2) is 139 Å². The average molecular weight is 697 g/mol. The van der Waals surface area contributed by atoms with E-state index in [1.165, 1.54) is 57.8 Å². The predicted molar refractivity (Wildman–Crippen MR) is 174 cm³/mol. The normalized spacial score (nSPS) is 21.8. The Balaban J connectivity index is 0.000000996. The van der Waals surface area contributed by atoms with Crippen molar-refractivity contribution in [1.82, 2.24) is 0 Å². The van der Waals surface area contributed by atoms with Crippen molar-refractivity contribution >= 4 is 11.9 Å². The molecule has 6 atom stereocenters. The molecule has 2 heterocycles. The number of allylic oxidation sites excluding steroid dienone is 2. The van der Waals surface area contributed by atoms with Gasteiger partial charge in [0.25, 0.3) is 0 Å². The smallest absolute Gasteiger partial charge is 0.377 e. The monoisotopic (exact) mass is 696 g/mol. The highest BCUT2D eigenvalue weighted by Crippen LogP contribution is 2.21. The minimum atomic E-state index is -1.42. The Hall–Kier alpha value is -2.34. The first-order chi connectivity index (χ1) is 22.9. The van der Waals surface area contributed by atoms with Crippen LogP contribution < -0.4 is 0 Å². The molecular weight excluding hydrogens is 636 g/mol. The zero-order valence-corrected chi connectivity index (χ0v) is 28.1. The van der Waals surface area contributed by atoms with Gasteiger partial charge in [-0.2, -0.15) is 0 Å². The first-order valence-corrected chi connectivity index (χ1v) is 16.9. The number of aliphatic hydroxyl groups is 10. The van der Waals surface area contributed by atoms with E-state index >= 15 is 0 Å². The quantitative estimate of drug-likeness (QED) is 0.0429. The van der Waals surface area contributed by atoms with Gasteiger partial charge in [-0.3, -0.25) is 4.79 Å². The van der Waals surface area contributed by atoms with E-state index < -0.39 is 66.8 Å². The van der Waals surface area contributed by atoms with Crippen LogP contribution >= 0.6 is 0 Å².